The number of sulfone groups is 1. The van der Waals surface area contributed by atoms with Crippen molar-refractivity contribution in [3.05, 3.63) is 0 Å². The van der Waals surface area contributed by atoms with E-state index in [1.165, 1.54) is 0 Å². The number of carbonyl (C=O) groups excluding carboxylic acids is 1. The fourth-order valence-electron chi connectivity index (χ4n) is 1.62. The number of aliphatic hydroxyl groups is 1. The van der Waals surface area contributed by atoms with Crippen LogP contribution in [0.2, 0.25) is 0 Å². The second kappa shape index (κ2) is 5.11. The molecule has 0 aliphatic carbocycles. The van der Waals surface area contributed by atoms with Crippen molar-refractivity contribution in [1.82, 2.24) is 10.6 Å². The second-order valence-electron chi connectivity index (χ2n) is 4.35. The largest absolute Gasteiger partial charge is 0.390 e. The van der Waals surface area contributed by atoms with Crippen LogP contribution < -0.4 is 10.6 Å². The summed E-state index contributed by atoms with van der Waals surface area (Å²) in [6, 6.07) is -0.491. The van der Waals surface area contributed by atoms with Crippen LogP contribution in [-0.2, 0) is 14.6 Å². The molecule has 7 heteroatoms. The van der Waals surface area contributed by atoms with Gasteiger partial charge < -0.3 is 15.7 Å². The van der Waals surface area contributed by atoms with Crippen molar-refractivity contribution in [3.8, 4) is 0 Å². The van der Waals surface area contributed by atoms with Crippen molar-refractivity contribution in [3.63, 3.8) is 0 Å². The molecule has 0 aromatic rings. The number of amides is 1. The summed E-state index contributed by atoms with van der Waals surface area (Å²) in [5.74, 6) is -0.536. The zero-order valence-electron chi connectivity index (χ0n) is 9.43. The van der Waals surface area contributed by atoms with E-state index in [1.54, 1.807) is 0 Å². The predicted octanol–water partition coefficient (Wildman–Crippen LogP) is -1.74. The van der Waals surface area contributed by atoms with Crippen LogP contribution >= 0.6 is 0 Å². The molecule has 94 valence electrons. The number of hydrogen-bond donors (Lipinski definition) is 3. The maximum Gasteiger partial charge on any atom is 0.234 e. The maximum absolute atomic E-state index is 11.3. The van der Waals surface area contributed by atoms with Crippen molar-refractivity contribution < 1.29 is 18.3 Å². The van der Waals surface area contributed by atoms with Gasteiger partial charge in [-0.15, -0.1) is 0 Å². The molecule has 16 heavy (non-hydrogen) atoms. The summed E-state index contributed by atoms with van der Waals surface area (Å²) < 4.78 is 22.3. The zero-order valence-corrected chi connectivity index (χ0v) is 10.3. The third-order valence-electron chi connectivity index (χ3n) is 2.30. The van der Waals surface area contributed by atoms with Crippen molar-refractivity contribution in [2.75, 3.05) is 18.1 Å². The molecule has 2 atom stereocenters. The monoisotopic (exact) mass is 250 g/mol. The molecule has 3 N–H and O–H groups in total. The molecular weight excluding hydrogens is 232 g/mol. The first-order valence-electron chi connectivity index (χ1n) is 5.21. The van der Waals surface area contributed by atoms with Gasteiger partial charge in [-0.25, -0.2) is 8.42 Å². The molecule has 1 fully saturated rings. The fourth-order valence-corrected chi connectivity index (χ4v) is 3.40. The van der Waals surface area contributed by atoms with Gasteiger partial charge in [-0.05, 0) is 13.8 Å². The van der Waals surface area contributed by atoms with Crippen LogP contribution in [0.1, 0.15) is 13.8 Å². The van der Waals surface area contributed by atoms with Crippen LogP contribution in [-0.4, -0.2) is 55.7 Å². The highest BCUT2D eigenvalue weighted by molar-refractivity contribution is 7.91. The van der Waals surface area contributed by atoms with E-state index in [9.17, 15) is 18.3 Å². The Bertz CT molecular complexity index is 353. The highest BCUT2D eigenvalue weighted by Gasteiger charge is 2.36. The van der Waals surface area contributed by atoms with E-state index in [0.29, 0.717) is 0 Å². The van der Waals surface area contributed by atoms with E-state index >= 15 is 0 Å². The van der Waals surface area contributed by atoms with Gasteiger partial charge in [0, 0.05) is 12.1 Å². The van der Waals surface area contributed by atoms with Crippen LogP contribution in [0.25, 0.3) is 0 Å². The molecule has 1 heterocycles. The lowest BCUT2D eigenvalue weighted by molar-refractivity contribution is -0.120. The summed E-state index contributed by atoms with van der Waals surface area (Å²) in [6.07, 6.45) is -0.920. The number of nitrogens with one attached hydrogen (secondary N) is 2. The lowest BCUT2D eigenvalue weighted by Gasteiger charge is -2.15. The molecule has 1 aliphatic rings. The maximum atomic E-state index is 11.3. The van der Waals surface area contributed by atoms with Gasteiger partial charge in [0.05, 0.1) is 24.2 Å². The Morgan fingerprint density at radius 2 is 2.06 bits per heavy atom. The molecule has 1 rings (SSSR count). The first-order valence-corrected chi connectivity index (χ1v) is 7.03. The molecule has 2 unspecified atom stereocenters. The average Bonchev–Trinajstić information content (AvgIpc) is 2.34. The minimum Gasteiger partial charge on any atom is -0.390 e. The molecule has 0 radical (unpaired) electrons. The van der Waals surface area contributed by atoms with Gasteiger partial charge in [0.25, 0.3) is 0 Å². The Labute approximate surface area is 95.3 Å². The van der Waals surface area contributed by atoms with Gasteiger partial charge in [-0.2, -0.15) is 0 Å². The Morgan fingerprint density at radius 3 is 2.50 bits per heavy atom. The summed E-state index contributed by atoms with van der Waals surface area (Å²) >= 11 is 0. The lowest BCUT2D eigenvalue weighted by atomic mass is 10.2. The van der Waals surface area contributed by atoms with Crippen LogP contribution in [0.15, 0.2) is 0 Å². The van der Waals surface area contributed by atoms with Gasteiger partial charge in [0.15, 0.2) is 9.84 Å². The smallest absolute Gasteiger partial charge is 0.234 e. The molecular formula is C9H18N2O4S. The van der Waals surface area contributed by atoms with Crippen molar-refractivity contribution >= 4 is 15.7 Å². The third kappa shape index (κ3) is 4.07. The Kier molecular flexibility index (Phi) is 4.28. The van der Waals surface area contributed by atoms with Gasteiger partial charge in [-0.3, -0.25) is 4.79 Å². The number of carbonyl (C=O) groups is 1. The summed E-state index contributed by atoms with van der Waals surface area (Å²) in [5, 5.41) is 14.9. The van der Waals surface area contributed by atoms with E-state index < -0.39 is 22.0 Å². The van der Waals surface area contributed by atoms with Crippen LogP contribution in [0.4, 0.5) is 0 Å². The molecule has 6 nitrogen and oxygen atoms in total. The third-order valence-corrected chi connectivity index (χ3v) is 4.01. The van der Waals surface area contributed by atoms with Crippen molar-refractivity contribution in [2.45, 2.75) is 32.0 Å². The number of hydrogen-bond acceptors (Lipinski definition) is 5. The highest BCUT2D eigenvalue weighted by atomic mass is 32.2. The minimum atomic E-state index is -3.16. The standard InChI is InChI=1S/C9H18N2O4S/c1-6(2)11-9(13)3-10-7-4-16(14,15)5-8(7)12/h6-8,10,12H,3-5H2,1-2H3,(H,11,13). The Hall–Kier alpha value is -0.660. The van der Waals surface area contributed by atoms with Gasteiger partial charge >= 0.3 is 0 Å². The van der Waals surface area contributed by atoms with Crippen molar-refractivity contribution in [1.29, 1.82) is 0 Å². The van der Waals surface area contributed by atoms with E-state index in [-0.39, 0.29) is 30.0 Å². The molecule has 0 aromatic carbocycles. The molecule has 0 saturated carbocycles. The van der Waals surface area contributed by atoms with E-state index in [2.05, 4.69) is 10.6 Å². The molecule has 1 saturated heterocycles. The summed E-state index contributed by atoms with van der Waals surface area (Å²) in [5.41, 5.74) is 0. The SMILES string of the molecule is CC(C)NC(=O)CNC1CS(=O)(=O)CC1O. The van der Waals surface area contributed by atoms with Crippen LogP contribution in [0.3, 0.4) is 0 Å². The lowest BCUT2D eigenvalue weighted by Crippen LogP contribution is -2.45. The number of aliphatic hydroxyl groups excluding tert-OH is 1. The average molecular weight is 250 g/mol. The second-order valence-corrected chi connectivity index (χ2v) is 6.51. The molecule has 0 aromatic heterocycles. The Morgan fingerprint density at radius 1 is 1.44 bits per heavy atom. The van der Waals surface area contributed by atoms with E-state index in [4.69, 9.17) is 0 Å². The first kappa shape index (κ1) is 13.4. The topological polar surface area (TPSA) is 95.5 Å². The Balaban J connectivity index is 2.36. The van der Waals surface area contributed by atoms with Crippen molar-refractivity contribution in [2.24, 2.45) is 0 Å². The highest BCUT2D eigenvalue weighted by Crippen LogP contribution is 2.11. The molecule has 0 bridgehead atoms. The minimum absolute atomic E-state index is 0.0232. The van der Waals surface area contributed by atoms with E-state index in [0.717, 1.165) is 0 Å². The normalized spacial score (nSPS) is 28.2. The van der Waals surface area contributed by atoms with E-state index in [1.807, 2.05) is 13.8 Å². The molecule has 1 aliphatic heterocycles. The quantitative estimate of drug-likeness (QED) is 0.550. The summed E-state index contributed by atoms with van der Waals surface area (Å²) in [7, 11) is -3.16. The first-order chi connectivity index (χ1) is 7.30. The fraction of sp³-hybridized carbons (Fsp3) is 0.889. The molecule has 1 amide bonds. The molecule has 0 spiro atoms. The summed E-state index contributed by atoms with van der Waals surface area (Å²) in [4.78, 5) is 11.3. The number of rotatable bonds is 4. The predicted molar refractivity (Wildman–Crippen MR) is 59.7 cm³/mol. The van der Waals surface area contributed by atoms with Crippen LogP contribution in [0, 0.1) is 0 Å². The van der Waals surface area contributed by atoms with Gasteiger partial charge in [0.1, 0.15) is 0 Å². The van der Waals surface area contributed by atoms with Gasteiger partial charge in [0.2, 0.25) is 5.91 Å². The van der Waals surface area contributed by atoms with Crippen LogP contribution in [0.5, 0.6) is 0 Å². The van der Waals surface area contributed by atoms with Gasteiger partial charge in [-0.1, -0.05) is 0 Å². The summed E-state index contributed by atoms with van der Waals surface area (Å²) in [6.45, 7) is 3.70. The zero-order chi connectivity index (χ0) is 12.3.